The highest BCUT2D eigenvalue weighted by Crippen LogP contribution is 2.37. The lowest BCUT2D eigenvalue weighted by molar-refractivity contribution is 0.419. The fourth-order valence-electron chi connectivity index (χ4n) is 2.53. The third kappa shape index (κ3) is 2.41. The number of hydrazine groups is 1. The van der Waals surface area contributed by atoms with E-state index in [0.717, 1.165) is 16.5 Å². The lowest BCUT2D eigenvalue weighted by Crippen LogP contribution is -2.28. The van der Waals surface area contributed by atoms with Crippen molar-refractivity contribution in [3.63, 3.8) is 0 Å². The van der Waals surface area contributed by atoms with Crippen molar-refractivity contribution in [1.82, 2.24) is 15.0 Å². The second-order valence-electron chi connectivity index (χ2n) is 5.12. The summed E-state index contributed by atoms with van der Waals surface area (Å²) >= 11 is 1.40. The fraction of sp³-hybridized carbons (Fsp3) is 0.429. The monoisotopic (exact) mass is 274 g/mol. The Morgan fingerprint density at radius 2 is 2.05 bits per heavy atom. The number of nitrogens with one attached hydrogen (secondary N) is 1. The Kier molecular flexibility index (Phi) is 3.59. The van der Waals surface area contributed by atoms with E-state index in [4.69, 9.17) is 5.84 Å². The third-order valence-corrected chi connectivity index (χ3v) is 4.85. The Labute approximate surface area is 117 Å². The predicted octanol–water partition coefficient (Wildman–Crippen LogP) is 2.67. The highest BCUT2D eigenvalue weighted by atomic mass is 32.1. The molecule has 5 heteroatoms. The molecular weight excluding hydrogens is 256 g/mol. The van der Waals surface area contributed by atoms with Crippen molar-refractivity contribution in [2.75, 3.05) is 0 Å². The molecule has 2 aromatic rings. The summed E-state index contributed by atoms with van der Waals surface area (Å²) in [5.74, 6) is 6.47. The van der Waals surface area contributed by atoms with E-state index in [1.807, 2.05) is 6.92 Å². The molecule has 0 saturated heterocycles. The van der Waals surface area contributed by atoms with Gasteiger partial charge >= 0.3 is 0 Å². The van der Waals surface area contributed by atoms with Crippen molar-refractivity contribution >= 4 is 11.5 Å². The van der Waals surface area contributed by atoms with E-state index in [2.05, 4.69) is 39.3 Å². The summed E-state index contributed by atoms with van der Waals surface area (Å²) in [6.07, 6.45) is 4.02. The summed E-state index contributed by atoms with van der Waals surface area (Å²) in [6, 6.07) is 8.77. The van der Waals surface area contributed by atoms with Crippen LogP contribution in [0.2, 0.25) is 0 Å². The standard InChI is InChI=1S/C14H18N4S/c1-9-14(19-18-17-9)13(16-15)12-7-5-11(6-8-12)10-3-2-4-10/h5-8,10,13,16H,2-4,15H2,1H3. The van der Waals surface area contributed by atoms with Crippen molar-refractivity contribution in [1.29, 1.82) is 0 Å². The molecule has 3 rings (SSSR count). The van der Waals surface area contributed by atoms with Gasteiger partial charge in [0.1, 0.15) is 0 Å². The van der Waals surface area contributed by atoms with Gasteiger partial charge in [-0.05, 0) is 48.3 Å². The second kappa shape index (κ2) is 5.36. The molecule has 1 atom stereocenters. The molecular formula is C14H18N4S. The number of rotatable bonds is 4. The molecule has 1 fully saturated rings. The lowest BCUT2D eigenvalue weighted by atomic mass is 9.80. The topological polar surface area (TPSA) is 63.8 Å². The molecule has 1 saturated carbocycles. The van der Waals surface area contributed by atoms with Gasteiger partial charge in [-0.2, -0.15) is 0 Å². The van der Waals surface area contributed by atoms with Gasteiger partial charge in [-0.3, -0.25) is 5.84 Å². The molecule has 1 heterocycles. The Bertz CT molecular complexity index is 545. The molecule has 0 bridgehead atoms. The largest absolute Gasteiger partial charge is 0.271 e. The highest BCUT2D eigenvalue weighted by Gasteiger charge is 2.21. The number of hydrogen-bond donors (Lipinski definition) is 2. The maximum absolute atomic E-state index is 5.70. The zero-order chi connectivity index (χ0) is 13.2. The van der Waals surface area contributed by atoms with Gasteiger partial charge in [0.05, 0.1) is 16.6 Å². The van der Waals surface area contributed by atoms with Crippen molar-refractivity contribution in [3.8, 4) is 0 Å². The van der Waals surface area contributed by atoms with Crippen LogP contribution in [0.25, 0.3) is 0 Å². The van der Waals surface area contributed by atoms with Crippen LogP contribution in [0.5, 0.6) is 0 Å². The average molecular weight is 274 g/mol. The number of aryl methyl sites for hydroxylation is 1. The summed E-state index contributed by atoms with van der Waals surface area (Å²) < 4.78 is 3.98. The van der Waals surface area contributed by atoms with Gasteiger partial charge in [-0.25, -0.2) is 5.43 Å². The van der Waals surface area contributed by atoms with E-state index in [0.29, 0.717) is 0 Å². The first-order valence-electron chi connectivity index (χ1n) is 6.64. The molecule has 0 radical (unpaired) electrons. The molecule has 0 amide bonds. The molecule has 1 unspecified atom stereocenters. The van der Waals surface area contributed by atoms with Crippen molar-refractivity contribution < 1.29 is 0 Å². The summed E-state index contributed by atoms with van der Waals surface area (Å²) in [5, 5.41) is 4.05. The summed E-state index contributed by atoms with van der Waals surface area (Å²) in [5.41, 5.74) is 6.42. The minimum absolute atomic E-state index is 0.0181. The summed E-state index contributed by atoms with van der Waals surface area (Å²) in [4.78, 5) is 1.08. The Balaban J connectivity index is 1.85. The average Bonchev–Trinajstić information content (AvgIpc) is 2.77. The highest BCUT2D eigenvalue weighted by molar-refractivity contribution is 7.05. The SMILES string of the molecule is Cc1nnsc1C(NN)c1ccc(C2CCC2)cc1. The molecule has 1 aromatic carbocycles. The smallest absolute Gasteiger partial charge is 0.0837 e. The van der Waals surface area contributed by atoms with E-state index in [-0.39, 0.29) is 6.04 Å². The van der Waals surface area contributed by atoms with E-state index >= 15 is 0 Å². The second-order valence-corrected chi connectivity index (χ2v) is 5.90. The van der Waals surface area contributed by atoms with Gasteiger partial charge in [-0.15, -0.1) is 5.10 Å². The number of nitrogens with zero attached hydrogens (tertiary/aromatic N) is 2. The normalized spacial score (nSPS) is 17.2. The number of aromatic nitrogens is 2. The van der Waals surface area contributed by atoms with E-state index in [9.17, 15) is 0 Å². The molecule has 19 heavy (non-hydrogen) atoms. The Hall–Kier alpha value is -1.30. The first kappa shape index (κ1) is 12.7. The van der Waals surface area contributed by atoms with Crippen LogP contribution in [-0.4, -0.2) is 9.59 Å². The quantitative estimate of drug-likeness (QED) is 0.664. The summed E-state index contributed by atoms with van der Waals surface area (Å²) in [6.45, 7) is 1.96. The minimum Gasteiger partial charge on any atom is -0.271 e. The first-order valence-corrected chi connectivity index (χ1v) is 7.41. The zero-order valence-electron chi connectivity index (χ0n) is 11.0. The maximum Gasteiger partial charge on any atom is 0.0837 e. The van der Waals surface area contributed by atoms with Crippen LogP contribution in [0, 0.1) is 6.92 Å². The number of nitrogens with two attached hydrogens (primary N) is 1. The van der Waals surface area contributed by atoms with Crippen LogP contribution in [0.4, 0.5) is 0 Å². The lowest BCUT2D eigenvalue weighted by Gasteiger charge is -2.26. The molecule has 1 aliphatic rings. The number of benzene rings is 1. The fourth-order valence-corrected chi connectivity index (χ4v) is 3.26. The van der Waals surface area contributed by atoms with Crippen molar-refractivity contribution in [2.24, 2.45) is 5.84 Å². The van der Waals surface area contributed by atoms with Gasteiger partial charge in [0.2, 0.25) is 0 Å². The predicted molar refractivity (Wildman–Crippen MR) is 76.8 cm³/mol. The molecule has 1 aromatic heterocycles. The molecule has 0 aliphatic heterocycles. The van der Waals surface area contributed by atoms with E-state index < -0.39 is 0 Å². The van der Waals surface area contributed by atoms with Crippen LogP contribution in [0.3, 0.4) is 0 Å². The van der Waals surface area contributed by atoms with Gasteiger partial charge in [0, 0.05) is 0 Å². The van der Waals surface area contributed by atoms with Crippen molar-refractivity contribution in [2.45, 2.75) is 38.1 Å². The molecule has 100 valence electrons. The van der Waals surface area contributed by atoms with E-state index in [1.54, 1.807) is 0 Å². The number of hydrogen-bond acceptors (Lipinski definition) is 5. The minimum atomic E-state index is -0.0181. The van der Waals surface area contributed by atoms with Gasteiger partial charge in [-0.1, -0.05) is 35.2 Å². The van der Waals surface area contributed by atoms with Gasteiger partial charge < -0.3 is 0 Å². The van der Waals surface area contributed by atoms with Gasteiger partial charge in [0.15, 0.2) is 0 Å². The van der Waals surface area contributed by atoms with E-state index in [1.165, 1.54) is 41.9 Å². The molecule has 4 nitrogen and oxygen atoms in total. The first-order chi connectivity index (χ1) is 9.29. The van der Waals surface area contributed by atoms with Crippen LogP contribution in [0.15, 0.2) is 24.3 Å². The molecule has 3 N–H and O–H groups in total. The van der Waals surface area contributed by atoms with Crippen LogP contribution in [-0.2, 0) is 0 Å². The Morgan fingerprint density at radius 1 is 1.32 bits per heavy atom. The third-order valence-electron chi connectivity index (χ3n) is 3.96. The Morgan fingerprint density at radius 3 is 2.53 bits per heavy atom. The maximum atomic E-state index is 5.70. The van der Waals surface area contributed by atoms with Crippen LogP contribution in [0.1, 0.15) is 52.9 Å². The molecule has 1 aliphatic carbocycles. The zero-order valence-corrected chi connectivity index (χ0v) is 11.8. The van der Waals surface area contributed by atoms with Crippen LogP contribution >= 0.6 is 11.5 Å². The van der Waals surface area contributed by atoms with Gasteiger partial charge in [0.25, 0.3) is 0 Å². The van der Waals surface area contributed by atoms with Crippen LogP contribution < -0.4 is 11.3 Å². The van der Waals surface area contributed by atoms with Crippen molar-refractivity contribution in [3.05, 3.63) is 46.0 Å². The summed E-state index contributed by atoms with van der Waals surface area (Å²) in [7, 11) is 0. The molecule has 0 spiro atoms.